The van der Waals surface area contributed by atoms with Crippen molar-refractivity contribution in [2.45, 2.75) is 32.5 Å². The number of amides is 2. The van der Waals surface area contributed by atoms with Gasteiger partial charge in [0.05, 0.1) is 0 Å². The number of benzene rings is 3. The highest BCUT2D eigenvalue weighted by atomic mass is 19.1. The average Bonchev–Trinajstić information content (AvgIpc) is 2.94. The number of ether oxygens (including phenoxy) is 2. The zero-order chi connectivity index (χ0) is 24.1. The van der Waals surface area contributed by atoms with Gasteiger partial charge in [0.25, 0.3) is 11.8 Å². The number of hydrogen-bond acceptors (Lipinski definition) is 4. The van der Waals surface area contributed by atoms with E-state index in [0.717, 1.165) is 6.07 Å². The van der Waals surface area contributed by atoms with E-state index in [0.29, 0.717) is 34.7 Å². The summed E-state index contributed by atoms with van der Waals surface area (Å²) >= 11 is 0. The molecule has 1 heterocycles. The molecule has 0 aliphatic carbocycles. The number of carbonyl (C=O) groups excluding carboxylic acids is 2. The Morgan fingerprint density at radius 3 is 2.53 bits per heavy atom. The molecule has 1 aliphatic rings. The van der Waals surface area contributed by atoms with Gasteiger partial charge < -0.3 is 19.7 Å². The standard InChI is InChI=1S/C26H24F2N2O4/c1-2-23-26(32)30(14-17-10-19(27)13-20(28)11-17)15-18-12-21(8-9-24(18)34-23)29-25(31)16-33-22-6-4-3-5-7-22/h3-13,23H,2,14-16H2,1H3,(H,29,31)/t23-/m1/s1. The molecule has 0 saturated carbocycles. The van der Waals surface area contributed by atoms with Crippen molar-refractivity contribution in [1.82, 2.24) is 4.90 Å². The van der Waals surface area contributed by atoms with Crippen LogP contribution in [-0.2, 0) is 22.7 Å². The highest BCUT2D eigenvalue weighted by Gasteiger charge is 2.30. The van der Waals surface area contributed by atoms with Crippen LogP contribution in [0.3, 0.4) is 0 Å². The van der Waals surface area contributed by atoms with Crippen molar-refractivity contribution < 1.29 is 27.8 Å². The van der Waals surface area contributed by atoms with E-state index in [2.05, 4.69) is 5.32 Å². The summed E-state index contributed by atoms with van der Waals surface area (Å²) < 4.78 is 38.7. The molecule has 4 rings (SSSR count). The summed E-state index contributed by atoms with van der Waals surface area (Å²) in [6.07, 6.45) is -0.291. The fourth-order valence-corrected chi connectivity index (χ4v) is 3.76. The van der Waals surface area contributed by atoms with Crippen LogP contribution in [0, 0.1) is 11.6 Å². The Morgan fingerprint density at radius 1 is 1.09 bits per heavy atom. The highest BCUT2D eigenvalue weighted by molar-refractivity contribution is 5.92. The van der Waals surface area contributed by atoms with E-state index in [1.54, 1.807) is 30.3 Å². The van der Waals surface area contributed by atoms with Crippen molar-refractivity contribution >= 4 is 17.5 Å². The molecule has 6 nitrogen and oxygen atoms in total. The molecule has 0 spiro atoms. The molecular formula is C26H24F2N2O4. The van der Waals surface area contributed by atoms with Gasteiger partial charge in [0, 0.05) is 30.4 Å². The van der Waals surface area contributed by atoms with Gasteiger partial charge in [-0.1, -0.05) is 25.1 Å². The Bertz CT molecular complexity index is 1170. The Morgan fingerprint density at radius 2 is 1.82 bits per heavy atom. The Kier molecular flexibility index (Phi) is 7.06. The smallest absolute Gasteiger partial charge is 0.264 e. The molecular weight excluding hydrogens is 442 g/mol. The van der Waals surface area contributed by atoms with E-state index in [-0.39, 0.29) is 31.5 Å². The second-order valence-corrected chi connectivity index (χ2v) is 7.96. The molecule has 2 amide bonds. The molecule has 34 heavy (non-hydrogen) atoms. The van der Waals surface area contributed by atoms with E-state index < -0.39 is 17.7 Å². The first-order valence-electron chi connectivity index (χ1n) is 10.9. The minimum Gasteiger partial charge on any atom is -0.484 e. The highest BCUT2D eigenvalue weighted by Crippen LogP contribution is 2.30. The van der Waals surface area contributed by atoms with Crippen LogP contribution in [0.5, 0.6) is 11.5 Å². The third kappa shape index (κ3) is 5.70. The van der Waals surface area contributed by atoms with Crippen LogP contribution in [0.25, 0.3) is 0 Å². The summed E-state index contributed by atoms with van der Waals surface area (Å²) in [7, 11) is 0. The maximum absolute atomic E-state index is 13.7. The summed E-state index contributed by atoms with van der Waals surface area (Å²) in [5, 5.41) is 2.78. The fourth-order valence-electron chi connectivity index (χ4n) is 3.76. The van der Waals surface area contributed by atoms with E-state index in [1.807, 2.05) is 25.1 Å². The van der Waals surface area contributed by atoms with Crippen molar-refractivity contribution in [3.8, 4) is 11.5 Å². The quantitative estimate of drug-likeness (QED) is 0.549. The molecule has 1 aliphatic heterocycles. The lowest BCUT2D eigenvalue weighted by molar-refractivity contribution is -0.139. The molecule has 3 aromatic carbocycles. The maximum Gasteiger partial charge on any atom is 0.264 e. The summed E-state index contributed by atoms with van der Waals surface area (Å²) in [6.45, 7) is 1.85. The van der Waals surface area contributed by atoms with Gasteiger partial charge in [-0.3, -0.25) is 9.59 Å². The van der Waals surface area contributed by atoms with E-state index in [4.69, 9.17) is 9.47 Å². The van der Waals surface area contributed by atoms with Crippen molar-refractivity contribution in [3.05, 3.63) is 89.5 Å². The van der Waals surface area contributed by atoms with Gasteiger partial charge in [-0.15, -0.1) is 0 Å². The Labute approximate surface area is 196 Å². The van der Waals surface area contributed by atoms with Gasteiger partial charge in [0.1, 0.15) is 23.1 Å². The van der Waals surface area contributed by atoms with Crippen LogP contribution in [0.1, 0.15) is 24.5 Å². The molecule has 3 aromatic rings. The van der Waals surface area contributed by atoms with Gasteiger partial charge in [-0.05, 0) is 54.4 Å². The van der Waals surface area contributed by atoms with Crippen molar-refractivity contribution in [1.29, 1.82) is 0 Å². The number of nitrogens with one attached hydrogen (secondary N) is 1. The lowest BCUT2D eigenvalue weighted by atomic mass is 10.1. The number of halogens is 2. The van der Waals surface area contributed by atoms with Gasteiger partial charge in [0.15, 0.2) is 12.7 Å². The number of carbonyl (C=O) groups is 2. The Balaban J connectivity index is 1.50. The normalized spacial score (nSPS) is 15.2. The zero-order valence-electron chi connectivity index (χ0n) is 18.6. The second-order valence-electron chi connectivity index (χ2n) is 7.96. The number of para-hydroxylation sites is 1. The number of nitrogens with zero attached hydrogens (tertiary/aromatic N) is 1. The van der Waals surface area contributed by atoms with Crippen LogP contribution >= 0.6 is 0 Å². The van der Waals surface area contributed by atoms with Crippen molar-refractivity contribution in [2.24, 2.45) is 0 Å². The summed E-state index contributed by atoms with van der Waals surface area (Å²) in [5.74, 6) is -0.918. The van der Waals surface area contributed by atoms with Crippen molar-refractivity contribution in [3.63, 3.8) is 0 Å². The molecule has 1 atom stereocenters. The number of hydrogen-bond donors (Lipinski definition) is 1. The van der Waals surface area contributed by atoms with Gasteiger partial charge in [-0.25, -0.2) is 8.78 Å². The van der Waals surface area contributed by atoms with E-state index >= 15 is 0 Å². The van der Waals surface area contributed by atoms with Crippen LogP contribution in [0.4, 0.5) is 14.5 Å². The van der Waals surface area contributed by atoms with Crippen molar-refractivity contribution in [2.75, 3.05) is 11.9 Å². The lowest BCUT2D eigenvalue weighted by Crippen LogP contribution is -2.38. The topological polar surface area (TPSA) is 67.9 Å². The lowest BCUT2D eigenvalue weighted by Gasteiger charge is -2.23. The maximum atomic E-state index is 13.7. The fraction of sp³-hybridized carbons (Fsp3) is 0.231. The predicted octanol–water partition coefficient (Wildman–Crippen LogP) is 4.68. The number of rotatable bonds is 7. The second kappa shape index (κ2) is 10.3. The SMILES string of the molecule is CC[C@H]1Oc2ccc(NC(=O)COc3ccccc3)cc2CN(Cc2cc(F)cc(F)c2)C1=O. The van der Waals surface area contributed by atoms with Crippen LogP contribution in [0.15, 0.2) is 66.7 Å². The molecule has 0 unspecified atom stereocenters. The number of anilines is 1. The monoisotopic (exact) mass is 466 g/mol. The van der Waals surface area contributed by atoms with Gasteiger partial charge in [0.2, 0.25) is 0 Å². The molecule has 0 fully saturated rings. The first-order chi connectivity index (χ1) is 16.4. The van der Waals surface area contributed by atoms with Gasteiger partial charge >= 0.3 is 0 Å². The summed E-state index contributed by atoms with van der Waals surface area (Å²) in [4.78, 5) is 26.9. The first-order valence-corrected chi connectivity index (χ1v) is 10.9. The molecule has 0 aromatic heterocycles. The Hall–Kier alpha value is -3.94. The average molecular weight is 466 g/mol. The minimum atomic E-state index is -0.723. The predicted molar refractivity (Wildman–Crippen MR) is 122 cm³/mol. The van der Waals surface area contributed by atoms with E-state index in [9.17, 15) is 18.4 Å². The third-order valence-electron chi connectivity index (χ3n) is 5.34. The molecule has 176 valence electrons. The molecule has 0 bridgehead atoms. The van der Waals surface area contributed by atoms with Crippen LogP contribution in [0.2, 0.25) is 0 Å². The molecule has 1 N–H and O–H groups in total. The van der Waals surface area contributed by atoms with Crippen LogP contribution < -0.4 is 14.8 Å². The summed E-state index contributed by atoms with van der Waals surface area (Å²) in [5.41, 5.74) is 1.53. The largest absolute Gasteiger partial charge is 0.484 e. The number of fused-ring (bicyclic) bond motifs is 1. The van der Waals surface area contributed by atoms with E-state index in [1.165, 1.54) is 17.0 Å². The minimum absolute atomic E-state index is 0.0221. The summed E-state index contributed by atoms with van der Waals surface area (Å²) in [6, 6.07) is 17.3. The molecule has 8 heteroatoms. The van der Waals surface area contributed by atoms with Gasteiger partial charge in [-0.2, -0.15) is 0 Å². The third-order valence-corrected chi connectivity index (χ3v) is 5.34. The van der Waals surface area contributed by atoms with Crippen LogP contribution in [-0.4, -0.2) is 29.4 Å². The first kappa shape index (κ1) is 23.2. The molecule has 0 radical (unpaired) electrons. The zero-order valence-corrected chi connectivity index (χ0v) is 18.6. The molecule has 0 saturated heterocycles.